The van der Waals surface area contributed by atoms with Gasteiger partial charge in [-0.15, -0.1) is 11.8 Å². The Bertz CT molecular complexity index is 571. The van der Waals surface area contributed by atoms with Crippen molar-refractivity contribution in [2.45, 2.75) is 19.4 Å². The first kappa shape index (κ1) is 14.7. The van der Waals surface area contributed by atoms with E-state index in [1.165, 1.54) is 18.7 Å². The Kier molecular flexibility index (Phi) is 4.25. The molecule has 6 heteroatoms. The molecule has 5 nitrogen and oxygen atoms in total. The zero-order chi connectivity index (χ0) is 14.8. The van der Waals surface area contributed by atoms with Crippen molar-refractivity contribution < 1.29 is 14.3 Å². The Morgan fingerprint density at radius 3 is 3.00 bits per heavy atom. The number of ether oxygens (including phenoxy) is 1. The maximum Gasteiger partial charge on any atom is 0.333 e. The molecule has 0 spiro atoms. The van der Waals surface area contributed by atoms with E-state index in [0.29, 0.717) is 11.3 Å². The molecule has 0 aromatic heterocycles. The number of rotatable bonds is 4. The molecule has 0 saturated carbocycles. The standard InChI is InChI=1S/C14H16N2O3S/c1-3-19-13(18)14(2,15)12(17)10-8-20-11-7-16-6-4-5-9(10)11/h4-7H,3,8,15H2,1-2H3. The van der Waals surface area contributed by atoms with Crippen LogP contribution in [0.25, 0.3) is 0 Å². The summed E-state index contributed by atoms with van der Waals surface area (Å²) in [5.41, 5.74) is 5.56. The van der Waals surface area contributed by atoms with E-state index in [9.17, 15) is 9.59 Å². The highest BCUT2D eigenvalue weighted by atomic mass is 32.2. The summed E-state index contributed by atoms with van der Waals surface area (Å²) in [4.78, 5) is 29.4. The van der Waals surface area contributed by atoms with Gasteiger partial charge < -0.3 is 10.5 Å². The molecule has 20 heavy (non-hydrogen) atoms. The van der Waals surface area contributed by atoms with Crippen molar-refractivity contribution in [2.75, 3.05) is 12.4 Å². The molecule has 0 bridgehead atoms. The van der Waals surface area contributed by atoms with Crippen molar-refractivity contribution >= 4 is 29.7 Å². The third-order valence-electron chi connectivity index (χ3n) is 3.03. The van der Waals surface area contributed by atoms with E-state index in [4.69, 9.17) is 10.5 Å². The van der Waals surface area contributed by atoms with E-state index in [-0.39, 0.29) is 6.61 Å². The van der Waals surface area contributed by atoms with Crippen molar-refractivity contribution in [3.8, 4) is 0 Å². The lowest BCUT2D eigenvalue weighted by Crippen LogP contribution is -2.54. The number of ketones is 1. The fourth-order valence-electron chi connectivity index (χ4n) is 1.92. The highest BCUT2D eigenvalue weighted by Gasteiger charge is 2.42. The number of carbonyl (C=O) groups excluding carboxylic acids is 2. The minimum Gasteiger partial charge on any atom is -0.464 e. The second-order valence-corrected chi connectivity index (χ2v) is 5.60. The molecular formula is C14H16N2O3S. The monoisotopic (exact) mass is 292 g/mol. The maximum atomic E-state index is 12.6. The number of hydrogen-bond donors (Lipinski definition) is 1. The first-order valence-corrected chi connectivity index (χ1v) is 7.24. The first-order chi connectivity index (χ1) is 9.48. The molecule has 2 N–H and O–H groups in total. The Morgan fingerprint density at radius 1 is 1.55 bits per heavy atom. The van der Waals surface area contributed by atoms with E-state index in [0.717, 1.165) is 10.5 Å². The van der Waals surface area contributed by atoms with Crippen molar-refractivity contribution in [1.82, 2.24) is 0 Å². The summed E-state index contributed by atoms with van der Waals surface area (Å²) in [7, 11) is 0. The number of Topliss-reactive ketones (excluding diaryl/α,β-unsaturated/α-hetero) is 1. The van der Waals surface area contributed by atoms with Crippen LogP contribution in [0.4, 0.5) is 0 Å². The molecule has 106 valence electrons. The quantitative estimate of drug-likeness (QED) is 0.625. The van der Waals surface area contributed by atoms with Crippen LogP contribution in [0.2, 0.25) is 0 Å². The van der Waals surface area contributed by atoms with Crippen LogP contribution in [-0.2, 0) is 14.3 Å². The van der Waals surface area contributed by atoms with E-state index in [1.807, 2.05) is 6.08 Å². The van der Waals surface area contributed by atoms with Gasteiger partial charge in [0.05, 0.1) is 6.61 Å². The largest absolute Gasteiger partial charge is 0.464 e. The topological polar surface area (TPSA) is 81.8 Å². The van der Waals surface area contributed by atoms with Crippen molar-refractivity contribution in [3.05, 3.63) is 34.4 Å². The highest BCUT2D eigenvalue weighted by molar-refractivity contribution is 8.03. The summed E-state index contributed by atoms with van der Waals surface area (Å²) in [6.45, 7) is 3.26. The average Bonchev–Trinajstić information content (AvgIpc) is 2.66. The van der Waals surface area contributed by atoms with Gasteiger partial charge in [-0.1, -0.05) is 6.08 Å². The Labute approximate surface area is 121 Å². The molecule has 0 radical (unpaired) electrons. The van der Waals surface area contributed by atoms with Gasteiger partial charge in [0.1, 0.15) is 0 Å². The van der Waals surface area contributed by atoms with Gasteiger partial charge in [-0.2, -0.15) is 0 Å². The van der Waals surface area contributed by atoms with Gasteiger partial charge in [-0.05, 0) is 25.5 Å². The minimum absolute atomic E-state index is 0.193. The van der Waals surface area contributed by atoms with E-state index < -0.39 is 17.3 Å². The molecule has 0 amide bonds. The molecule has 1 unspecified atom stereocenters. The van der Waals surface area contributed by atoms with E-state index in [1.54, 1.807) is 25.4 Å². The van der Waals surface area contributed by atoms with Gasteiger partial charge in [-0.3, -0.25) is 9.79 Å². The predicted octanol–water partition coefficient (Wildman–Crippen LogP) is 1.36. The Morgan fingerprint density at radius 2 is 2.30 bits per heavy atom. The number of fused-ring (bicyclic) bond motifs is 1. The van der Waals surface area contributed by atoms with Crippen LogP contribution < -0.4 is 5.73 Å². The Balaban J connectivity index is 2.34. The molecule has 2 heterocycles. The first-order valence-electron chi connectivity index (χ1n) is 6.25. The predicted molar refractivity (Wildman–Crippen MR) is 79.4 cm³/mol. The molecule has 0 aliphatic carbocycles. The number of aliphatic imine (C=N–C) groups is 1. The summed E-state index contributed by atoms with van der Waals surface area (Å²) >= 11 is 1.51. The van der Waals surface area contributed by atoms with Crippen molar-refractivity contribution in [2.24, 2.45) is 10.7 Å². The van der Waals surface area contributed by atoms with Crippen LogP contribution in [-0.4, -0.2) is 35.9 Å². The molecule has 2 aliphatic rings. The fourth-order valence-corrected chi connectivity index (χ4v) is 2.99. The van der Waals surface area contributed by atoms with Crippen LogP contribution in [0, 0.1) is 0 Å². The van der Waals surface area contributed by atoms with Gasteiger partial charge >= 0.3 is 5.97 Å². The smallest absolute Gasteiger partial charge is 0.333 e. The lowest BCUT2D eigenvalue weighted by molar-refractivity contribution is -0.151. The Hall–Kier alpha value is -1.66. The van der Waals surface area contributed by atoms with Gasteiger partial charge in [0.25, 0.3) is 0 Å². The normalized spacial score (nSPS) is 20.1. The zero-order valence-electron chi connectivity index (χ0n) is 11.4. The number of carbonyl (C=O) groups is 2. The van der Waals surface area contributed by atoms with Gasteiger partial charge in [0.2, 0.25) is 0 Å². The van der Waals surface area contributed by atoms with Gasteiger partial charge in [-0.25, -0.2) is 4.79 Å². The summed E-state index contributed by atoms with van der Waals surface area (Å²) < 4.78 is 4.88. The molecule has 0 aromatic carbocycles. The van der Waals surface area contributed by atoms with E-state index >= 15 is 0 Å². The number of nitrogens with two attached hydrogens (primary N) is 1. The molecule has 2 rings (SSSR count). The van der Waals surface area contributed by atoms with Crippen molar-refractivity contribution in [3.63, 3.8) is 0 Å². The van der Waals surface area contributed by atoms with E-state index in [2.05, 4.69) is 4.99 Å². The van der Waals surface area contributed by atoms with Crippen LogP contribution >= 0.6 is 11.8 Å². The van der Waals surface area contributed by atoms with Crippen LogP contribution in [0.1, 0.15) is 13.8 Å². The molecule has 0 fully saturated rings. The maximum absolute atomic E-state index is 12.6. The van der Waals surface area contributed by atoms with Crippen LogP contribution in [0.5, 0.6) is 0 Å². The SMILES string of the molecule is CCOC(=O)C(C)(N)C(=O)C1=C2C=CC=NC=C2SC1. The molecule has 0 aromatic rings. The highest BCUT2D eigenvalue weighted by Crippen LogP contribution is 2.39. The third kappa shape index (κ3) is 2.62. The summed E-state index contributed by atoms with van der Waals surface area (Å²) in [6, 6.07) is 0. The molecule has 0 saturated heterocycles. The average molecular weight is 292 g/mol. The number of allylic oxidation sites excluding steroid dienone is 3. The summed E-state index contributed by atoms with van der Waals surface area (Å²) in [5, 5.41) is 0. The summed E-state index contributed by atoms with van der Waals surface area (Å²) in [5.74, 6) is -0.603. The minimum atomic E-state index is -1.66. The third-order valence-corrected chi connectivity index (χ3v) is 4.10. The molecule has 2 aliphatic heterocycles. The number of nitrogens with zero attached hydrogens (tertiary/aromatic N) is 1. The van der Waals surface area contributed by atoms with Crippen LogP contribution in [0.3, 0.4) is 0 Å². The molecule has 1 atom stereocenters. The van der Waals surface area contributed by atoms with Gasteiger partial charge in [0.15, 0.2) is 11.3 Å². The number of thioether (sulfide) groups is 1. The number of esters is 1. The lowest BCUT2D eigenvalue weighted by Gasteiger charge is -2.21. The van der Waals surface area contributed by atoms with Gasteiger partial charge in [0, 0.05) is 28.6 Å². The second-order valence-electron chi connectivity index (χ2n) is 4.58. The second kappa shape index (κ2) is 5.76. The molecular weight excluding hydrogens is 276 g/mol. The number of hydrogen-bond acceptors (Lipinski definition) is 6. The fraction of sp³-hybridized carbons (Fsp3) is 0.357. The lowest BCUT2D eigenvalue weighted by atomic mass is 9.90. The zero-order valence-corrected chi connectivity index (χ0v) is 12.2. The summed E-state index contributed by atoms with van der Waals surface area (Å²) in [6.07, 6.45) is 6.93. The van der Waals surface area contributed by atoms with Crippen LogP contribution in [0.15, 0.2) is 39.4 Å². The van der Waals surface area contributed by atoms with Crippen molar-refractivity contribution in [1.29, 1.82) is 0 Å².